The molecule has 1 amide bonds. The van der Waals surface area contributed by atoms with Crippen LogP contribution in [0.2, 0.25) is 0 Å². The van der Waals surface area contributed by atoms with Gasteiger partial charge in [0.2, 0.25) is 0 Å². The number of carbonyl (C=O) groups excluding carboxylic acids is 1. The predicted octanol–water partition coefficient (Wildman–Crippen LogP) is 2.31. The number of amides is 1. The monoisotopic (exact) mass is 350 g/mol. The molecule has 0 saturated carbocycles. The van der Waals surface area contributed by atoms with Crippen LogP contribution in [0, 0.1) is 5.82 Å². The minimum atomic E-state index is -0.619. The molecular weight excluding hydrogens is 323 g/mol. The Morgan fingerprint density at radius 2 is 2.20 bits per heavy atom. The normalized spacial score (nSPS) is 23.3. The van der Waals surface area contributed by atoms with Crippen LogP contribution in [0.5, 0.6) is 5.75 Å². The summed E-state index contributed by atoms with van der Waals surface area (Å²) in [5, 5.41) is 0. The van der Waals surface area contributed by atoms with Gasteiger partial charge in [0.15, 0.2) is 6.10 Å². The summed E-state index contributed by atoms with van der Waals surface area (Å²) >= 11 is 0. The van der Waals surface area contributed by atoms with Crippen LogP contribution in [-0.4, -0.2) is 67.2 Å². The fraction of sp³-hybridized carbons (Fsp3) is 0.632. The van der Waals surface area contributed by atoms with Crippen LogP contribution in [0.1, 0.15) is 26.2 Å². The molecule has 138 valence electrons. The van der Waals surface area contributed by atoms with E-state index in [1.165, 1.54) is 12.1 Å². The third kappa shape index (κ3) is 5.16. The molecule has 2 heterocycles. The third-order valence-electron chi connectivity index (χ3n) is 4.84. The lowest BCUT2D eigenvalue weighted by molar-refractivity contribution is -0.137. The lowest BCUT2D eigenvalue weighted by Gasteiger charge is -2.26. The number of hydrogen-bond donors (Lipinski definition) is 0. The molecule has 6 heteroatoms. The second-order valence-corrected chi connectivity index (χ2v) is 6.83. The van der Waals surface area contributed by atoms with Crippen molar-refractivity contribution < 1.29 is 18.7 Å². The molecule has 2 fully saturated rings. The first kappa shape index (κ1) is 18.1. The number of halogens is 1. The van der Waals surface area contributed by atoms with Gasteiger partial charge in [0.1, 0.15) is 11.6 Å². The highest BCUT2D eigenvalue weighted by Gasteiger charge is 2.26. The molecule has 3 rings (SSSR count). The lowest BCUT2D eigenvalue weighted by atomic mass is 10.2. The largest absolute Gasteiger partial charge is 0.481 e. The molecule has 1 aromatic carbocycles. The fourth-order valence-electron chi connectivity index (χ4n) is 3.50. The second kappa shape index (κ2) is 8.63. The molecule has 0 spiro atoms. The van der Waals surface area contributed by atoms with E-state index in [2.05, 4.69) is 4.90 Å². The number of hydrogen-bond acceptors (Lipinski definition) is 4. The molecule has 5 nitrogen and oxygen atoms in total. The van der Waals surface area contributed by atoms with E-state index in [4.69, 9.17) is 9.47 Å². The Morgan fingerprint density at radius 3 is 2.96 bits per heavy atom. The second-order valence-electron chi connectivity index (χ2n) is 6.83. The SMILES string of the molecule is C[C@H](Oc1cccc(F)c1)C(=O)N1CCCN(C[C@@H]2CCCO2)CC1. The zero-order chi connectivity index (χ0) is 17.6. The quantitative estimate of drug-likeness (QED) is 0.817. The molecule has 2 saturated heterocycles. The van der Waals surface area contributed by atoms with E-state index >= 15 is 0 Å². The Balaban J connectivity index is 1.49. The minimum absolute atomic E-state index is 0.0387. The molecular formula is C19H27FN2O3. The molecule has 0 unspecified atom stereocenters. The summed E-state index contributed by atoms with van der Waals surface area (Å²) in [5.41, 5.74) is 0. The van der Waals surface area contributed by atoms with Gasteiger partial charge in [-0.3, -0.25) is 9.69 Å². The van der Waals surface area contributed by atoms with Crippen molar-refractivity contribution in [2.45, 2.75) is 38.4 Å². The molecule has 0 radical (unpaired) electrons. The van der Waals surface area contributed by atoms with E-state index in [1.54, 1.807) is 19.1 Å². The van der Waals surface area contributed by atoms with Crippen molar-refractivity contribution in [2.75, 3.05) is 39.3 Å². The zero-order valence-electron chi connectivity index (χ0n) is 14.8. The average Bonchev–Trinajstić information content (AvgIpc) is 2.99. The minimum Gasteiger partial charge on any atom is -0.481 e. The van der Waals surface area contributed by atoms with Crippen molar-refractivity contribution in [3.05, 3.63) is 30.1 Å². The van der Waals surface area contributed by atoms with E-state index in [-0.39, 0.29) is 11.7 Å². The maximum Gasteiger partial charge on any atom is 0.263 e. The maximum absolute atomic E-state index is 13.2. The van der Waals surface area contributed by atoms with Crippen molar-refractivity contribution in [1.82, 2.24) is 9.80 Å². The molecule has 2 aliphatic heterocycles. The summed E-state index contributed by atoms with van der Waals surface area (Å²) in [4.78, 5) is 16.9. The summed E-state index contributed by atoms with van der Waals surface area (Å²) in [5.74, 6) is -0.0180. The van der Waals surface area contributed by atoms with Gasteiger partial charge in [0.25, 0.3) is 5.91 Å². The smallest absolute Gasteiger partial charge is 0.263 e. The third-order valence-corrected chi connectivity index (χ3v) is 4.84. The van der Waals surface area contributed by atoms with Gasteiger partial charge in [-0.05, 0) is 44.9 Å². The van der Waals surface area contributed by atoms with Crippen LogP contribution >= 0.6 is 0 Å². The van der Waals surface area contributed by atoms with Crippen LogP contribution in [0.25, 0.3) is 0 Å². The van der Waals surface area contributed by atoms with Gasteiger partial charge < -0.3 is 14.4 Å². The van der Waals surface area contributed by atoms with Gasteiger partial charge in [-0.1, -0.05) is 6.07 Å². The van der Waals surface area contributed by atoms with E-state index in [0.29, 0.717) is 18.4 Å². The van der Waals surface area contributed by atoms with Crippen molar-refractivity contribution in [3.8, 4) is 5.75 Å². The first-order valence-electron chi connectivity index (χ1n) is 9.17. The van der Waals surface area contributed by atoms with Gasteiger partial charge in [-0.2, -0.15) is 0 Å². The Morgan fingerprint density at radius 1 is 1.32 bits per heavy atom. The summed E-state index contributed by atoms with van der Waals surface area (Å²) in [6.07, 6.45) is 2.96. The first-order valence-corrected chi connectivity index (χ1v) is 9.17. The van der Waals surface area contributed by atoms with Crippen LogP contribution in [-0.2, 0) is 9.53 Å². The van der Waals surface area contributed by atoms with Crippen LogP contribution in [0.15, 0.2) is 24.3 Å². The Hall–Kier alpha value is -1.66. The highest BCUT2D eigenvalue weighted by atomic mass is 19.1. The molecule has 2 atom stereocenters. The van der Waals surface area contributed by atoms with Crippen molar-refractivity contribution >= 4 is 5.91 Å². The van der Waals surface area contributed by atoms with Crippen molar-refractivity contribution in [1.29, 1.82) is 0 Å². The molecule has 25 heavy (non-hydrogen) atoms. The van der Waals surface area contributed by atoms with Crippen LogP contribution in [0.3, 0.4) is 0 Å². The molecule has 0 aromatic heterocycles. The van der Waals surface area contributed by atoms with E-state index < -0.39 is 6.10 Å². The van der Waals surface area contributed by atoms with E-state index in [1.807, 2.05) is 4.90 Å². The molecule has 1 aromatic rings. The predicted molar refractivity (Wildman–Crippen MR) is 93.1 cm³/mol. The summed E-state index contributed by atoms with van der Waals surface area (Å²) < 4.78 is 24.6. The topological polar surface area (TPSA) is 42.0 Å². The molecule has 0 bridgehead atoms. The Kier molecular flexibility index (Phi) is 6.26. The van der Waals surface area contributed by atoms with Crippen molar-refractivity contribution in [3.63, 3.8) is 0 Å². The van der Waals surface area contributed by atoms with Crippen molar-refractivity contribution in [2.24, 2.45) is 0 Å². The van der Waals surface area contributed by atoms with E-state index in [0.717, 1.165) is 52.0 Å². The lowest BCUT2D eigenvalue weighted by Crippen LogP contribution is -2.43. The van der Waals surface area contributed by atoms with E-state index in [9.17, 15) is 9.18 Å². The first-order chi connectivity index (χ1) is 12.1. The maximum atomic E-state index is 13.2. The highest BCUT2D eigenvalue weighted by Crippen LogP contribution is 2.17. The highest BCUT2D eigenvalue weighted by molar-refractivity contribution is 5.81. The Labute approximate surface area is 148 Å². The number of nitrogens with zero attached hydrogens (tertiary/aromatic N) is 2. The number of rotatable bonds is 5. The van der Waals surface area contributed by atoms with Gasteiger partial charge in [-0.15, -0.1) is 0 Å². The van der Waals surface area contributed by atoms with Gasteiger partial charge in [0.05, 0.1) is 6.10 Å². The molecule has 0 N–H and O–H groups in total. The van der Waals surface area contributed by atoms with Crippen LogP contribution in [0.4, 0.5) is 4.39 Å². The molecule has 0 aliphatic carbocycles. The number of benzene rings is 1. The average molecular weight is 350 g/mol. The zero-order valence-corrected chi connectivity index (χ0v) is 14.8. The Bertz CT molecular complexity index is 578. The number of carbonyl (C=O) groups is 1. The fourth-order valence-corrected chi connectivity index (χ4v) is 3.50. The van der Waals surface area contributed by atoms with Gasteiger partial charge in [-0.25, -0.2) is 4.39 Å². The summed E-state index contributed by atoms with van der Waals surface area (Å²) in [6.45, 7) is 6.83. The molecule has 2 aliphatic rings. The van der Waals surface area contributed by atoms with Gasteiger partial charge in [0, 0.05) is 38.9 Å². The number of ether oxygens (including phenoxy) is 2. The van der Waals surface area contributed by atoms with Crippen LogP contribution < -0.4 is 4.74 Å². The standard InChI is InChI=1S/C19H27FN2O3/c1-15(25-17-6-2-5-16(20)13-17)19(23)22-9-4-8-21(10-11-22)14-18-7-3-12-24-18/h2,5-6,13,15,18H,3-4,7-12,14H2,1H3/t15-,18-/m0/s1. The summed E-state index contributed by atoms with van der Waals surface area (Å²) in [7, 11) is 0. The van der Waals surface area contributed by atoms with Gasteiger partial charge >= 0.3 is 0 Å². The summed E-state index contributed by atoms with van der Waals surface area (Å²) in [6, 6.07) is 5.90.